The lowest BCUT2D eigenvalue weighted by molar-refractivity contribution is -0.113. The van der Waals surface area contributed by atoms with E-state index < -0.39 is 11.2 Å². The van der Waals surface area contributed by atoms with Gasteiger partial charge in [-0.25, -0.2) is 14.8 Å². The first-order valence-corrected chi connectivity index (χ1v) is 9.75. The van der Waals surface area contributed by atoms with Gasteiger partial charge >= 0.3 is 5.69 Å². The molecule has 1 amide bonds. The van der Waals surface area contributed by atoms with Crippen LogP contribution in [-0.2, 0) is 30.2 Å². The Balaban J connectivity index is 1.96. The van der Waals surface area contributed by atoms with Crippen LogP contribution in [0.3, 0.4) is 0 Å². The third kappa shape index (κ3) is 4.38. The van der Waals surface area contributed by atoms with Gasteiger partial charge in [-0.2, -0.15) is 0 Å². The molecule has 152 valence electrons. The molecular formula is C19H21N5O4S. The van der Waals surface area contributed by atoms with Gasteiger partial charge in [0, 0.05) is 26.9 Å². The van der Waals surface area contributed by atoms with E-state index in [1.807, 2.05) is 25.1 Å². The number of hydrogen-bond donors (Lipinski definition) is 1. The maximum absolute atomic E-state index is 12.7. The molecule has 29 heavy (non-hydrogen) atoms. The number of ether oxygens (including phenoxy) is 1. The Hall–Kier alpha value is -2.98. The number of benzene rings is 1. The van der Waals surface area contributed by atoms with E-state index in [1.54, 1.807) is 6.07 Å². The number of aryl methyl sites for hydroxylation is 2. The molecule has 2 aromatic heterocycles. The predicted octanol–water partition coefficient (Wildman–Crippen LogP) is 1.21. The first-order chi connectivity index (χ1) is 13.8. The minimum Gasteiger partial charge on any atom is -0.377 e. The quantitative estimate of drug-likeness (QED) is 0.476. The van der Waals surface area contributed by atoms with Gasteiger partial charge in [0.2, 0.25) is 5.91 Å². The van der Waals surface area contributed by atoms with Gasteiger partial charge in [-0.1, -0.05) is 23.9 Å². The van der Waals surface area contributed by atoms with Gasteiger partial charge in [0.1, 0.15) is 17.0 Å². The lowest BCUT2D eigenvalue weighted by atomic mass is 10.2. The maximum atomic E-state index is 12.7. The number of anilines is 1. The zero-order valence-electron chi connectivity index (χ0n) is 16.6. The molecule has 0 atom stereocenters. The predicted molar refractivity (Wildman–Crippen MR) is 111 cm³/mol. The number of aromatic nitrogens is 4. The Kier molecular flexibility index (Phi) is 6.14. The van der Waals surface area contributed by atoms with Crippen molar-refractivity contribution in [3.05, 3.63) is 56.5 Å². The SMILES string of the molecule is COCc1nc(SCC(=O)Nc2cccc(C)c2)c2c(=O)n(C)c(=O)n(C)c2n1. The molecule has 0 bridgehead atoms. The van der Waals surface area contributed by atoms with Crippen molar-refractivity contribution in [2.75, 3.05) is 18.2 Å². The summed E-state index contributed by atoms with van der Waals surface area (Å²) in [6.07, 6.45) is 0. The summed E-state index contributed by atoms with van der Waals surface area (Å²) in [7, 11) is 4.43. The van der Waals surface area contributed by atoms with Crippen LogP contribution < -0.4 is 16.6 Å². The number of carbonyl (C=O) groups excluding carboxylic acids is 1. The van der Waals surface area contributed by atoms with E-state index in [-0.39, 0.29) is 29.3 Å². The zero-order chi connectivity index (χ0) is 21.1. The topological polar surface area (TPSA) is 108 Å². The van der Waals surface area contributed by atoms with Crippen LogP contribution in [0.5, 0.6) is 0 Å². The highest BCUT2D eigenvalue weighted by atomic mass is 32.2. The smallest absolute Gasteiger partial charge is 0.332 e. The lowest BCUT2D eigenvalue weighted by Gasteiger charge is -2.12. The van der Waals surface area contributed by atoms with Crippen molar-refractivity contribution in [2.24, 2.45) is 14.1 Å². The van der Waals surface area contributed by atoms with Crippen LogP contribution in [0.25, 0.3) is 11.0 Å². The molecular weight excluding hydrogens is 394 g/mol. The first-order valence-electron chi connectivity index (χ1n) is 8.76. The number of methoxy groups -OCH3 is 1. The fraction of sp³-hybridized carbons (Fsp3) is 0.316. The van der Waals surface area contributed by atoms with Crippen LogP contribution >= 0.6 is 11.8 Å². The van der Waals surface area contributed by atoms with Gasteiger partial charge in [0.15, 0.2) is 11.5 Å². The molecule has 2 heterocycles. The fourth-order valence-electron chi connectivity index (χ4n) is 2.82. The summed E-state index contributed by atoms with van der Waals surface area (Å²) in [6, 6.07) is 7.47. The van der Waals surface area contributed by atoms with Gasteiger partial charge in [-0.15, -0.1) is 0 Å². The average Bonchev–Trinajstić information content (AvgIpc) is 2.69. The van der Waals surface area contributed by atoms with Crippen LogP contribution in [0.1, 0.15) is 11.4 Å². The summed E-state index contributed by atoms with van der Waals surface area (Å²) in [5, 5.41) is 3.35. The number of nitrogens with one attached hydrogen (secondary N) is 1. The van der Waals surface area contributed by atoms with Crippen LogP contribution in [0.2, 0.25) is 0 Å². The van der Waals surface area contributed by atoms with Crippen molar-refractivity contribution >= 4 is 34.4 Å². The van der Waals surface area contributed by atoms with Gasteiger partial charge in [-0.05, 0) is 24.6 Å². The number of hydrogen-bond acceptors (Lipinski definition) is 7. The molecule has 1 N–H and O–H groups in total. The largest absolute Gasteiger partial charge is 0.377 e. The summed E-state index contributed by atoms with van der Waals surface area (Å²) < 4.78 is 7.37. The summed E-state index contributed by atoms with van der Waals surface area (Å²) in [6.45, 7) is 2.05. The molecule has 0 aliphatic rings. The van der Waals surface area contributed by atoms with Crippen molar-refractivity contribution in [3.8, 4) is 0 Å². The van der Waals surface area contributed by atoms with E-state index in [9.17, 15) is 14.4 Å². The van der Waals surface area contributed by atoms with Crippen LogP contribution in [0.4, 0.5) is 5.69 Å². The summed E-state index contributed by atoms with van der Waals surface area (Å²) in [5.74, 6) is 0.130. The van der Waals surface area contributed by atoms with Crippen molar-refractivity contribution in [3.63, 3.8) is 0 Å². The summed E-state index contributed by atoms with van der Waals surface area (Å²) in [4.78, 5) is 46.0. The number of thioether (sulfide) groups is 1. The highest BCUT2D eigenvalue weighted by Crippen LogP contribution is 2.23. The van der Waals surface area contributed by atoms with E-state index >= 15 is 0 Å². The highest BCUT2D eigenvalue weighted by molar-refractivity contribution is 8.00. The summed E-state index contributed by atoms with van der Waals surface area (Å²) >= 11 is 1.11. The van der Waals surface area contributed by atoms with E-state index in [0.717, 1.165) is 21.9 Å². The van der Waals surface area contributed by atoms with Crippen molar-refractivity contribution in [1.82, 2.24) is 19.1 Å². The molecule has 3 aromatic rings. The molecule has 10 heteroatoms. The fourth-order valence-corrected chi connectivity index (χ4v) is 3.66. The second-order valence-electron chi connectivity index (χ2n) is 6.49. The van der Waals surface area contributed by atoms with Gasteiger partial charge in [0.05, 0.1) is 5.75 Å². The van der Waals surface area contributed by atoms with Crippen LogP contribution in [0, 0.1) is 6.92 Å². The molecule has 9 nitrogen and oxygen atoms in total. The maximum Gasteiger partial charge on any atom is 0.332 e. The number of rotatable bonds is 6. The van der Waals surface area contributed by atoms with Crippen molar-refractivity contribution in [2.45, 2.75) is 18.6 Å². The van der Waals surface area contributed by atoms with Gasteiger partial charge in [-0.3, -0.25) is 18.7 Å². The highest BCUT2D eigenvalue weighted by Gasteiger charge is 2.18. The number of carbonyl (C=O) groups is 1. The zero-order valence-corrected chi connectivity index (χ0v) is 17.4. The monoisotopic (exact) mass is 415 g/mol. The average molecular weight is 415 g/mol. The molecule has 0 saturated heterocycles. The Morgan fingerprint density at radius 1 is 1.21 bits per heavy atom. The van der Waals surface area contributed by atoms with E-state index in [4.69, 9.17) is 4.74 Å². The molecule has 3 rings (SSSR count). The Labute approximate surface area is 170 Å². The van der Waals surface area contributed by atoms with Gasteiger partial charge in [0.25, 0.3) is 5.56 Å². The Morgan fingerprint density at radius 2 is 1.97 bits per heavy atom. The third-order valence-corrected chi connectivity index (χ3v) is 5.20. The number of fused-ring (bicyclic) bond motifs is 1. The first kappa shape index (κ1) is 20.7. The summed E-state index contributed by atoms with van der Waals surface area (Å²) in [5.41, 5.74) is 0.945. The molecule has 0 radical (unpaired) electrons. The van der Waals surface area contributed by atoms with Crippen molar-refractivity contribution < 1.29 is 9.53 Å². The number of nitrogens with zero attached hydrogens (tertiary/aromatic N) is 4. The molecule has 0 saturated carbocycles. The van der Waals surface area contributed by atoms with Crippen LogP contribution in [0.15, 0.2) is 38.9 Å². The molecule has 0 fully saturated rings. The molecule has 0 aliphatic heterocycles. The molecule has 0 spiro atoms. The number of amides is 1. The van der Waals surface area contributed by atoms with Gasteiger partial charge < -0.3 is 10.1 Å². The standard InChI is InChI=1S/C19H21N5O4S/c1-11-6-5-7-12(8-11)20-14(25)10-29-17-15-16(21-13(22-17)9-28-4)23(2)19(27)24(3)18(15)26/h5-8H,9-10H2,1-4H3,(H,20,25). The minimum atomic E-state index is -0.506. The Bertz CT molecular complexity index is 1200. The van der Waals surface area contributed by atoms with E-state index in [2.05, 4.69) is 15.3 Å². The van der Waals surface area contributed by atoms with E-state index in [1.165, 1.54) is 25.8 Å². The lowest BCUT2D eigenvalue weighted by Crippen LogP contribution is -2.38. The second-order valence-corrected chi connectivity index (χ2v) is 7.45. The Morgan fingerprint density at radius 3 is 2.66 bits per heavy atom. The van der Waals surface area contributed by atoms with E-state index in [0.29, 0.717) is 16.5 Å². The third-order valence-electron chi connectivity index (χ3n) is 4.23. The minimum absolute atomic E-state index is 0.0402. The van der Waals surface area contributed by atoms with Crippen LogP contribution in [-0.4, -0.2) is 37.9 Å². The molecule has 1 aromatic carbocycles. The molecule has 0 unspecified atom stereocenters. The molecule has 0 aliphatic carbocycles. The second kappa shape index (κ2) is 8.58. The van der Waals surface area contributed by atoms with Crippen molar-refractivity contribution in [1.29, 1.82) is 0 Å². The normalized spacial score (nSPS) is 11.0.